The predicted octanol–water partition coefficient (Wildman–Crippen LogP) is 3.05. The second-order valence-electron chi connectivity index (χ2n) is 4.80. The van der Waals surface area contributed by atoms with Crippen molar-refractivity contribution in [3.63, 3.8) is 0 Å². The van der Waals surface area contributed by atoms with Gasteiger partial charge in [0.05, 0.1) is 5.56 Å². The molecule has 0 spiro atoms. The number of hydrogen-bond acceptors (Lipinski definition) is 2. The standard InChI is InChI=1S/C16H15N3O/c1-10-6-3-4-7-12(10)15-14(11(2)18-19-15)13-8-5-9-17-16(13)20/h3-9H,1-2H3,(H,17,20)(H,18,19). The van der Waals surface area contributed by atoms with E-state index < -0.39 is 0 Å². The van der Waals surface area contributed by atoms with Crippen molar-refractivity contribution in [3.8, 4) is 22.4 Å². The normalized spacial score (nSPS) is 10.7. The van der Waals surface area contributed by atoms with Crippen LogP contribution in [0.5, 0.6) is 0 Å². The van der Waals surface area contributed by atoms with Gasteiger partial charge in [0.25, 0.3) is 5.56 Å². The van der Waals surface area contributed by atoms with E-state index in [0.717, 1.165) is 28.1 Å². The van der Waals surface area contributed by atoms with E-state index in [1.807, 2.05) is 50.2 Å². The molecule has 20 heavy (non-hydrogen) atoms. The average Bonchev–Trinajstić information content (AvgIpc) is 2.82. The first kappa shape index (κ1) is 12.4. The second-order valence-corrected chi connectivity index (χ2v) is 4.80. The Morgan fingerprint density at radius 1 is 1.00 bits per heavy atom. The molecule has 4 nitrogen and oxygen atoms in total. The van der Waals surface area contributed by atoms with Crippen LogP contribution in [-0.4, -0.2) is 15.2 Å². The van der Waals surface area contributed by atoms with E-state index in [1.54, 1.807) is 6.20 Å². The third-order valence-corrected chi connectivity index (χ3v) is 3.43. The van der Waals surface area contributed by atoms with Gasteiger partial charge < -0.3 is 4.98 Å². The fraction of sp³-hybridized carbons (Fsp3) is 0.125. The molecule has 2 N–H and O–H groups in total. The summed E-state index contributed by atoms with van der Waals surface area (Å²) in [7, 11) is 0. The predicted molar refractivity (Wildman–Crippen MR) is 79.6 cm³/mol. The Hall–Kier alpha value is -2.62. The summed E-state index contributed by atoms with van der Waals surface area (Å²) in [6.45, 7) is 3.97. The third-order valence-electron chi connectivity index (χ3n) is 3.43. The van der Waals surface area contributed by atoms with Crippen LogP contribution < -0.4 is 5.56 Å². The minimum absolute atomic E-state index is 0.105. The molecule has 2 aromatic heterocycles. The molecule has 0 aliphatic carbocycles. The van der Waals surface area contributed by atoms with E-state index in [0.29, 0.717) is 5.56 Å². The van der Waals surface area contributed by atoms with Crippen molar-refractivity contribution in [2.45, 2.75) is 13.8 Å². The molecule has 0 aliphatic rings. The van der Waals surface area contributed by atoms with Gasteiger partial charge in [-0.25, -0.2) is 0 Å². The van der Waals surface area contributed by atoms with E-state index in [1.165, 1.54) is 0 Å². The Kier molecular flexibility index (Phi) is 2.99. The zero-order valence-electron chi connectivity index (χ0n) is 11.4. The Balaban J connectivity index is 2.29. The zero-order valence-corrected chi connectivity index (χ0v) is 11.4. The molecule has 100 valence electrons. The zero-order chi connectivity index (χ0) is 14.1. The van der Waals surface area contributed by atoms with E-state index >= 15 is 0 Å². The third kappa shape index (κ3) is 1.95. The van der Waals surface area contributed by atoms with Crippen molar-refractivity contribution in [3.05, 3.63) is 64.2 Å². The van der Waals surface area contributed by atoms with Crippen molar-refractivity contribution >= 4 is 0 Å². The lowest BCUT2D eigenvalue weighted by molar-refractivity contribution is 1.05. The lowest BCUT2D eigenvalue weighted by Crippen LogP contribution is -2.07. The fourth-order valence-electron chi connectivity index (χ4n) is 2.41. The van der Waals surface area contributed by atoms with Crippen LogP contribution in [0.4, 0.5) is 0 Å². The van der Waals surface area contributed by atoms with E-state index in [9.17, 15) is 4.79 Å². The summed E-state index contributed by atoms with van der Waals surface area (Å²) >= 11 is 0. The molecule has 0 saturated carbocycles. The summed E-state index contributed by atoms with van der Waals surface area (Å²) < 4.78 is 0. The van der Waals surface area contributed by atoms with Crippen LogP contribution in [0.2, 0.25) is 0 Å². The molecule has 1 aromatic carbocycles. The van der Waals surface area contributed by atoms with E-state index in [4.69, 9.17) is 0 Å². The first-order chi connectivity index (χ1) is 9.68. The van der Waals surface area contributed by atoms with Crippen molar-refractivity contribution in [2.24, 2.45) is 0 Å². The summed E-state index contributed by atoms with van der Waals surface area (Å²) in [5.74, 6) is 0. The minimum Gasteiger partial charge on any atom is -0.329 e. The lowest BCUT2D eigenvalue weighted by atomic mass is 9.98. The number of pyridine rings is 1. The molecule has 3 aromatic rings. The summed E-state index contributed by atoms with van der Waals surface area (Å²) in [4.78, 5) is 14.8. The maximum Gasteiger partial charge on any atom is 0.255 e. The van der Waals surface area contributed by atoms with Gasteiger partial charge in [0.2, 0.25) is 0 Å². The summed E-state index contributed by atoms with van der Waals surface area (Å²) in [6.07, 6.45) is 1.63. The number of nitrogens with one attached hydrogen (secondary N) is 2. The number of benzene rings is 1. The molecule has 0 bridgehead atoms. The maximum absolute atomic E-state index is 12.0. The van der Waals surface area contributed by atoms with Crippen LogP contribution >= 0.6 is 0 Å². The van der Waals surface area contributed by atoms with Crippen LogP contribution in [0.15, 0.2) is 47.4 Å². The van der Waals surface area contributed by atoms with Crippen LogP contribution in [0.25, 0.3) is 22.4 Å². The van der Waals surface area contributed by atoms with Gasteiger partial charge in [-0.3, -0.25) is 9.89 Å². The molecule has 2 heterocycles. The molecular formula is C16H15N3O. The number of rotatable bonds is 2. The van der Waals surface area contributed by atoms with Gasteiger partial charge in [-0.15, -0.1) is 0 Å². The minimum atomic E-state index is -0.105. The van der Waals surface area contributed by atoms with Crippen LogP contribution in [0.3, 0.4) is 0 Å². The van der Waals surface area contributed by atoms with Crippen molar-refractivity contribution in [2.75, 3.05) is 0 Å². The highest BCUT2D eigenvalue weighted by molar-refractivity contribution is 5.83. The highest BCUT2D eigenvalue weighted by Crippen LogP contribution is 2.32. The monoisotopic (exact) mass is 265 g/mol. The van der Waals surface area contributed by atoms with Crippen LogP contribution in [0.1, 0.15) is 11.3 Å². The Bertz CT molecular complexity index is 814. The van der Waals surface area contributed by atoms with Gasteiger partial charge in [0.15, 0.2) is 0 Å². The topological polar surface area (TPSA) is 61.5 Å². The van der Waals surface area contributed by atoms with Gasteiger partial charge in [0.1, 0.15) is 5.69 Å². The lowest BCUT2D eigenvalue weighted by Gasteiger charge is -2.06. The summed E-state index contributed by atoms with van der Waals surface area (Å²) in [5.41, 5.74) is 5.27. The van der Waals surface area contributed by atoms with Gasteiger partial charge >= 0.3 is 0 Å². The molecule has 4 heteroatoms. The van der Waals surface area contributed by atoms with Gasteiger partial charge in [-0.1, -0.05) is 24.3 Å². The Labute approximate surface area is 116 Å². The van der Waals surface area contributed by atoms with Crippen molar-refractivity contribution in [1.82, 2.24) is 15.2 Å². The molecule has 0 atom stereocenters. The summed E-state index contributed by atoms with van der Waals surface area (Å²) in [6, 6.07) is 11.7. The first-order valence-electron chi connectivity index (χ1n) is 6.47. The van der Waals surface area contributed by atoms with Crippen LogP contribution in [0, 0.1) is 13.8 Å². The highest BCUT2D eigenvalue weighted by atomic mass is 16.1. The Morgan fingerprint density at radius 2 is 1.75 bits per heavy atom. The molecule has 0 fully saturated rings. The van der Waals surface area contributed by atoms with Crippen molar-refractivity contribution in [1.29, 1.82) is 0 Å². The van der Waals surface area contributed by atoms with Crippen molar-refractivity contribution < 1.29 is 0 Å². The number of aromatic nitrogens is 3. The molecule has 0 saturated heterocycles. The van der Waals surface area contributed by atoms with Gasteiger partial charge in [-0.05, 0) is 31.5 Å². The molecule has 3 rings (SSSR count). The number of aryl methyl sites for hydroxylation is 2. The molecule has 0 unspecified atom stereocenters. The van der Waals surface area contributed by atoms with E-state index in [2.05, 4.69) is 15.2 Å². The number of nitrogens with zero attached hydrogens (tertiary/aromatic N) is 1. The number of H-pyrrole nitrogens is 2. The summed E-state index contributed by atoms with van der Waals surface area (Å²) in [5, 5.41) is 7.37. The number of hydrogen-bond donors (Lipinski definition) is 2. The molecular weight excluding hydrogens is 250 g/mol. The maximum atomic E-state index is 12.0. The van der Waals surface area contributed by atoms with Crippen LogP contribution in [-0.2, 0) is 0 Å². The number of aromatic amines is 2. The Morgan fingerprint density at radius 3 is 2.50 bits per heavy atom. The quantitative estimate of drug-likeness (QED) is 0.748. The fourth-order valence-corrected chi connectivity index (χ4v) is 2.41. The molecule has 0 radical (unpaired) electrons. The first-order valence-corrected chi connectivity index (χ1v) is 6.47. The smallest absolute Gasteiger partial charge is 0.255 e. The molecule has 0 aliphatic heterocycles. The van der Waals surface area contributed by atoms with E-state index in [-0.39, 0.29) is 5.56 Å². The van der Waals surface area contributed by atoms with Gasteiger partial charge in [-0.2, -0.15) is 5.10 Å². The largest absolute Gasteiger partial charge is 0.329 e. The highest BCUT2D eigenvalue weighted by Gasteiger charge is 2.17. The second kappa shape index (κ2) is 4.81. The molecule has 0 amide bonds. The SMILES string of the molecule is Cc1ccccc1-c1n[nH]c(C)c1-c1ccc[nH]c1=O. The van der Waals surface area contributed by atoms with Gasteiger partial charge in [0, 0.05) is 23.0 Å². The average molecular weight is 265 g/mol.